The summed E-state index contributed by atoms with van der Waals surface area (Å²) in [4.78, 5) is 16.2. The van der Waals surface area contributed by atoms with Gasteiger partial charge in [-0.2, -0.15) is 0 Å². The summed E-state index contributed by atoms with van der Waals surface area (Å²) in [5.41, 5.74) is 2.89. The standard InChI is InChI=1S/C18H23N3O4S/c1-12-9-13(2)18(14(3)10-12)26(23,24)20-8-7-16(22)21-15-5-6-17(25-4)19-11-15/h5-6,9-11,20H,7-8H2,1-4H3,(H,21,22). The van der Waals surface area contributed by atoms with Crippen molar-refractivity contribution in [1.29, 1.82) is 0 Å². The summed E-state index contributed by atoms with van der Waals surface area (Å²) in [6.07, 6.45) is 1.48. The van der Waals surface area contributed by atoms with Crippen molar-refractivity contribution < 1.29 is 17.9 Å². The van der Waals surface area contributed by atoms with Crippen LogP contribution in [-0.2, 0) is 14.8 Å². The number of rotatable bonds is 7. The maximum Gasteiger partial charge on any atom is 0.241 e. The summed E-state index contributed by atoms with van der Waals surface area (Å²) < 4.78 is 32.5. The quantitative estimate of drug-likeness (QED) is 0.772. The minimum Gasteiger partial charge on any atom is -0.481 e. The van der Waals surface area contributed by atoms with Crippen LogP contribution in [0.4, 0.5) is 5.69 Å². The van der Waals surface area contributed by atoms with Crippen molar-refractivity contribution in [2.24, 2.45) is 0 Å². The van der Waals surface area contributed by atoms with Gasteiger partial charge in [-0.05, 0) is 38.0 Å². The minimum atomic E-state index is -3.67. The molecular weight excluding hydrogens is 354 g/mol. The van der Waals surface area contributed by atoms with Gasteiger partial charge < -0.3 is 10.1 Å². The third-order valence-corrected chi connectivity index (χ3v) is 5.51. The van der Waals surface area contributed by atoms with E-state index < -0.39 is 10.0 Å². The minimum absolute atomic E-state index is 0.00447. The summed E-state index contributed by atoms with van der Waals surface area (Å²) in [5, 5.41) is 2.66. The van der Waals surface area contributed by atoms with Gasteiger partial charge in [-0.15, -0.1) is 0 Å². The van der Waals surface area contributed by atoms with E-state index in [4.69, 9.17) is 4.74 Å². The molecule has 2 rings (SSSR count). The number of ether oxygens (including phenoxy) is 1. The van der Waals surface area contributed by atoms with E-state index in [0.717, 1.165) is 5.56 Å². The molecular formula is C18H23N3O4S. The summed E-state index contributed by atoms with van der Waals surface area (Å²) in [6.45, 7) is 5.45. The maximum atomic E-state index is 12.5. The van der Waals surface area contributed by atoms with Crippen molar-refractivity contribution in [1.82, 2.24) is 9.71 Å². The summed E-state index contributed by atoms with van der Waals surface area (Å²) in [6, 6.07) is 6.93. The van der Waals surface area contributed by atoms with Crippen LogP contribution in [0.1, 0.15) is 23.1 Å². The molecule has 0 fully saturated rings. The van der Waals surface area contributed by atoms with Crippen LogP contribution >= 0.6 is 0 Å². The third-order valence-electron chi connectivity index (χ3n) is 3.75. The average molecular weight is 377 g/mol. The van der Waals surface area contributed by atoms with Gasteiger partial charge in [0.2, 0.25) is 21.8 Å². The van der Waals surface area contributed by atoms with Gasteiger partial charge in [-0.3, -0.25) is 4.79 Å². The summed E-state index contributed by atoms with van der Waals surface area (Å²) in [7, 11) is -2.17. The van der Waals surface area contributed by atoms with E-state index >= 15 is 0 Å². The second-order valence-corrected chi connectivity index (χ2v) is 7.72. The molecule has 0 unspecified atom stereocenters. The lowest BCUT2D eigenvalue weighted by Crippen LogP contribution is -2.29. The zero-order valence-corrected chi connectivity index (χ0v) is 16.1. The lowest BCUT2D eigenvalue weighted by Gasteiger charge is -2.13. The molecule has 0 aliphatic heterocycles. The fourth-order valence-corrected chi connectivity index (χ4v) is 4.24. The number of carbonyl (C=O) groups is 1. The summed E-state index contributed by atoms with van der Waals surface area (Å²) in [5.74, 6) is 0.136. The molecule has 2 N–H and O–H groups in total. The molecule has 140 valence electrons. The number of nitrogens with zero attached hydrogens (tertiary/aromatic N) is 1. The van der Waals surface area contributed by atoms with Crippen LogP contribution in [0.5, 0.6) is 5.88 Å². The van der Waals surface area contributed by atoms with Crippen LogP contribution in [-0.4, -0.2) is 33.0 Å². The molecule has 2 aromatic rings. The fourth-order valence-electron chi connectivity index (χ4n) is 2.76. The lowest BCUT2D eigenvalue weighted by molar-refractivity contribution is -0.116. The molecule has 1 heterocycles. The van der Waals surface area contributed by atoms with E-state index in [1.165, 1.54) is 13.3 Å². The van der Waals surface area contributed by atoms with Gasteiger partial charge in [0, 0.05) is 19.0 Å². The number of amides is 1. The van der Waals surface area contributed by atoms with Crippen molar-refractivity contribution in [3.63, 3.8) is 0 Å². The monoisotopic (exact) mass is 377 g/mol. The van der Waals surface area contributed by atoms with Gasteiger partial charge in [0.25, 0.3) is 0 Å². The topological polar surface area (TPSA) is 97.4 Å². The molecule has 1 aromatic heterocycles. The lowest BCUT2D eigenvalue weighted by atomic mass is 10.1. The first kappa shape index (κ1) is 19.9. The van der Waals surface area contributed by atoms with Crippen molar-refractivity contribution >= 4 is 21.6 Å². The number of methoxy groups -OCH3 is 1. The Hall–Kier alpha value is -2.45. The van der Waals surface area contributed by atoms with Gasteiger partial charge >= 0.3 is 0 Å². The van der Waals surface area contributed by atoms with Crippen LogP contribution < -0.4 is 14.8 Å². The zero-order valence-electron chi connectivity index (χ0n) is 15.3. The highest BCUT2D eigenvalue weighted by Gasteiger charge is 2.19. The highest BCUT2D eigenvalue weighted by molar-refractivity contribution is 7.89. The van der Waals surface area contributed by atoms with Crippen LogP contribution in [0.3, 0.4) is 0 Å². The molecule has 0 saturated carbocycles. The molecule has 0 bridgehead atoms. The maximum absolute atomic E-state index is 12.5. The Balaban J connectivity index is 1.94. The Morgan fingerprint density at radius 2 is 1.81 bits per heavy atom. The Morgan fingerprint density at radius 1 is 1.15 bits per heavy atom. The van der Waals surface area contributed by atoms with Gasteiger partial charge in [0.1, 0.15) is 0 Å². The number of hydrogen-bond acceptors (Lipinski definition) is 5. The molecule has 0 atom stereocenters. The van der Waals surface area contributed by atoms with Crippen molar-refractivity contribution in [2.45, 2.75) is 32.1 Å². The number of nitrogens with one attached hydrogen (secondary N) is 2. The molecule has 0 aliphatic rings. The van der Waals surface area contributed by atoms with E-state index in [9.17, 15) is 13.2 Å². The average Bonchev–Trinajstić information content (AvgIpc) is 2.54. The van der Waals surface area contributed by atoms with Crippen molar-refractivity contribution in [3.05, 3.63) is 47.2 Å². The van der Waals surface area contributed by atoms with E-state index in [1.807, 2.05) is 19.1 Å². The molecule has 0 aliphatic carbocycles. The first-order valence-corrected chi connectivity index (χ1v) is 9.58. The fraction of sp³-hybridized carbons (Fsp3) is 0.333. The van der Waals surface area contributed by atoms with E-state index in [1.54, 1.807) is 26.0 Å². The van der Waals surface area contributed by atoms with Crippen LogP contribution in [0, 0.1) is 20.8 Å². The Morgan fingerprint density at radius 3 is 2.35 bits per heavy atom. The van der Waals surface area contributed by atoms with Crippen LogP contribution in [0.2, 0.25) is 0 Å². The summed E-state index contributed by atoms with van der Waals surface area (Å²) >= 11 is 0. The molecule has 0 spiro atoms. The van der Waals surface area contributed by atoms with Crippen LogP contribution in [0.15, 0.2) is 35.4 Å². The van der Waals surface area contributed by atoms with Gasteiger partial charge in [0.05, 0.1) is 23.9 Å². The number of aromatic nitrogens is 1. The largest absolute Gasteiger partial charge is 0.481 e. The van der Waals surface area contributed by atoms with Crippen LogP contribution in [0.25, 0.3) is 0 Å². The number of sulfonamides is 1. The number of carbonyl (C=O) groups excluding carboxylic acids is 1. The predicted molar refractivity (Wildman–Crippen MR) is 99.9 cm³/mol. The predicted octanol–water partition coefficient (Wildman–Crippen LogP) is 2.32. The van der Waals surface area contributed by atoms with Crippen molar-refractivity contribution in [2.75, 3.05) is 19.0 Å². The number of anilines is 1. The number of pyridine rings is 1. The number of benzene rings is 1. The Kier molecular flexibility index (Phi) is 6.33. The van der Waals surface area contributed by atoms with Gasteiger partial charge in [0.15, 0.2) is 0 Å². The molecule has 1 aromatic carbocycles. The van der Waals surface area contributed by atoms with Gasteiger partial charge in [-0.25, -0.2) is 18.1 Å². The first-order valence-electron chi connectivity index (χ1n) is 8.10. The molecule has 8 heteroatoms. The van der Waals surface area contributed by atoms with E-state index in [-0.39, 0.29) is 23.8 Å². The molecule has 7 nitrogen and oxygen atoms in total. The van der Waals surface area contributed by atoms with E-state index in [2.05, 4.69) is 15.0 Å². The van der Waals surface area contributed by atoms with Gasteiger partial charge in [-0.1, -0.05) is 17.7 Å². The third kappa shape index (κ3) is 5.03. The molecule has 26 heavy (non-hydrogen) atoms. The first-order chi connectivity index (χ1) is 12.2. The highest BCUT2D eigenvalue weighted by atomic mass is 32.2. The molecule has 0 saturated heterocycles. The number of aryl methyl sites for hydroxylation is 3. The van der Waals surface area contributed by atoms with Crippen molar-refractivity contribution in [3.8, 4) is 5.88 Å². The zero-order chi connectivity index (χ0) is 19.3. The molecule has 1 amide bonds. The smallest absolute Gasteiger partial charge is 0.241 e. The SMILES string of the molecule is COc1ccc(NC(=O)CCNS(=O)(=O)c2c(C)cc(C)cc2C)cn1. The number of hydrogen-bond donors (Lipinski definition) is 2. The second-order valence-electron chi connectivity index (χ2n) is 6.01. The second kappa shape index (κ2) is 8.29. The Bertz CT molecular complexity index is 870. The molecule has 0 radical (unpaired) electrons. The Labute approximate surface area is 153 Å². The normalized spacial score (nSPS) is 11.2. The van der Waals surface area contributed by atoms with E-state index in [0.29, 0.717) is 22.7 Å². The highest BCUT2D eigenvalue weighted by Crippen LogP contribution is 2.21.